The fourth-order valence-electron chi connectivity index (χ4n) is 6.11. The van der Waals surface area contributed by atoms with Crippen LogP contribution in [0.5, 0.6) is 0 Å². The molecular weight excluding hydrogens is 610 g/mol. The van der Waals surface area contributed by atoms with Crippen LogP contribution in [0, 0.1) is 11.8 Å². The van der Waals surface area contributed by atoms with E-state index in [1.54, 1.807) is 0 Å². The Balaban J connectivity index is 1.42. The van der Waals surface area contributed by atoms with E-state index in [1.807, 2.05) is 79.5 Å². The summed E-state index contributed by atoms with van der Waals surface area (Å²) in [6.07, 6.45) is -4.86. The number of carbonyl (C=O) groups excluding carboxylic acids is 2. The summed E-state index contributed by atoms with van der Waals surface area (Å²) < 4.78 is 30.8. The highest BCUT2D eigenvalue weighted by Crippen LogP contribution is 2.36. The number of methoxy groups -OCH3 is 1. The van der Waals surface area contributed by atoms with Crippen LogP contribution >= 0.6 is 0 Å². The van der Waals surface area contributed by atoms with Crippen molar-refractivity contribution in [2.24, 2.45) is 11.8 Å². The molecule has 5 rings (SSSR count). The van der Waals surface area contributed by atoms with Gasteiger partial charge in [0, 0.05) is 12.0 Å². The highest BCUT2D eigenvalue weighted by molar-refractivity contribution is 5.92. The third-order valence-corrected chi connectivity index (χ3v) is 8.76. The smallest absolute Gasteiger partial charge is 0.326 e. The van der Waals surface area contributed by atoms with Gasteiger partial charge in [0.1, 0.15) is 17.9 Å². The number of amides is 1. The van der Waals surface area contributed by atoms with Gasteiger partial charge in [0.05, 0.1) is 50.6 Å². The van der Waals surface area contributed by atoms with E-state index in [4.69, 9.17) is 23.7 Å². The fraction of sp³-hybridized carbons (Fsp3) is 0.471. The molecule has 4 unspecified atom stereocenters. The molecule has 1 aliphatic heterocycles. The zero-order valence-corrected chi connectivity index (χ0v) is 26.5. The molecule has 2 aliphatic rings. The molecule has 1 aliphatic carbocycles. The number of aliphatic hydroxyl groups is 1. The van der Waals surface area contributed by atoms with Crippen molar-refractivity contribution in [1.82, 2.24) is 15.3 Å². The molecule has 0 radical (unpaired) electrons. The Morgan fingerprint density at radius 3 is 2.11 bits per heavy atom. The van der Waals surface area contributed by atoms with Crippen molar-refractivity contribution in [2.75, 3.05) is 7.11 Å². The molecule has 2 heterocycles. The number of aromatic amines is 2. The molecule has 1 aromatic heterocycles. The summed E-state index contributed by atoms with van der Waals surface area (Å²) in [5, 5.41) is 14.1. The van der Waals surface area contributed by atoms with Gasteiger partial charge in [-0.05, 0) is 30.9 Å². The number of benzene rings is 2. The van der Waals surface area contributed by atoms with E-state index >= 15 is 0 Å². The summed E-state index contributed by atoms with van der Waals surface area (Å²) in [5.41, 5.74) is -0.00103. The van der Waals surface area contributed by atoms with Crippen LogP contribution in [-0.2, 0) is 41.7 Å². The van der Waals surface area contributed by atoms with Crippen molar-refractivity contribution in [3.63, 3.8) is 0 Å². The van der Waals surface area contributed by atoms with Crippen LogP contribution in [-0.4, -0.2) is 76.9 Å². The van der Waals surface area contributed by atoms with Crippen molar-refractivity contribution in [2.45, 2.75) is 82.8 Å². The first-order valence-corrected chi connectivity index (χ1v) is 15.6. The van der Waals surface area contributed by atoms with Crippen molar-refractivity contribution in [3.8, 4) is 0 Å². The first kappa shape index (κ1) is 34.2. The lowest BCUT2D eigenvalue weighted by atomic mass is 9.81. The van der Waals surface area contributed by atoms with E-state index in [-0.39, 0.29) is 37.2 Å². The predicted molar refractivity (Wildman–Crippen MR) is 168 cm³/mol. The minimum Gasteiger partial charge on any atom is -0.469 e. The average molecular weight is 652 g/mol. The molecule has 1 saturated heterocycles. The number of rotatable bonds is 11. The normalized spacial score (nSPS) is 29.1. The number of ether oxygens (including phenoxy) is 5. The Bertz CT molecular complexity index is 1570. The van der Waals surface area contributed by atoms with Crippen LogP contribution in [0.1, 0.15) is 48.3 Å². The molecule has 2 aromatic carbocycles. The van der Waals surface area contributed by atoms with Crippen molar-refractivity contribution in [1.29, 1.82) is 0 Å². The summed E-state index contributed by atoms with van der Waals surface area (Å²) in [7, 11) is 1.24. The SMILES string of the molecule is COC(=O)C1CC(NC(=O)c2cc(=O)[nH]c(=O)[nH]2)[C@@H](O[C@@H]2OC(C)[C@@H](C)[C@H](OCc3ccccc3)C2OCc2ccccc2)[C@H](O)C1. The number of esters is 1. The number of carbonyl (C=O) groups is 2. The number of nitrogens with one attached hydrogen (secondary N) is 3. The Morgan fingerprint density at radius 1 is 0.894 bits per heavy atom. The van der Waals surface area contributed by atoms with Gasteiger partial charge in [-0.15, -0.1) is 0 Å². The van der Waals surface area contributed by atoms with Gasteiger partial charge in [0.15, 0.2) is 6.29 Å². The van der Waals surface area contributed by atoms with Crippen molar-refractivity contribution in [3.05, 3.63) is 104 Å². The number of aliphatic hydroxyl groups excluding tert-OH is 1. The summed E-state index contributed by atoms with van der Waals surface area (Å²) >= 11 is 0. The van der Waals surface area contributed by atoms with Crippen LogP contribution in [0.4, 0.5) is 0 Å². The maximum Gasteiger partial charge on any atom is 0.326 e. The fourth-order valence-corrected chi connectivity index (χ4v) is 6.11. The van der Waals surface area contributed by atoms with Crippen LogP contribution in [0.2, 0.25) is 0 Å². The minimum atomic E-state index is -1.23. The molecule has 1 amide bonds. The topological polar surface area (TPSA) is 178 Å². The Morgan fingerprint density at radius 2 is 1.51 bits per heavy atom. The molecule has 1 saturated carbocycles. The lowest BCUT2D eigenvalue weighted by molar-refractivity contribution is -0.321. The molecule has 9 atom stereocenters. The third-order valence-electron chi connectivity index (χ3n) is 8.76. The predicted octanol–water partition coefficient (Wildman–Crippen LogP) is 2.04. The highest BCUT2D eigenvalue weighted by atomic mass is 16.7. The quantitative estimate of drug-likeness (QED) is 0.224. The van der Waals surface area contributed by atoms with Gasteiger partial charge in [-0.2, -0.15) is 0 Å². The molecule has 4 N–H and O–H groups in total. The minimum absolute atomic E-state index is 0.00764. The van der Waals surface area contributed by atoms with Gasteiger partial charge in [-0.25, -0.2) is 4.79 Å². The molecule has 252 valence electrons. The summed E-state index contributed by atoms with van der Waals surface area (Å²) in [4.78, 5) is 53.8. The summed E-state index contributed by atoms with van der Waals surface area (Å²) in [6.45, 7) is 4.47. The zero-order chi connectivity index (χ0) is 33.5. The molecule has 0 bridgehead atoms. The second-order valence-electron chi connectivity index (χ2n) is 12.0. The molecule has 13 heteroatoms. The van der Waals surface area contributed by atoms with E-state index in [0.717, 1.165) is 17.2 Å². The summed E-state index contributed by atoms with van der Waals surface area (Å²) in [6, 6.07) is 19.4. The number of H-pyrrole nitrogens is 2. The maximum absolute atomic E-state index is 13.2. The van der Waals surface area contributed by atoms with Gasteiger partial charge in [-0.3, -0.25) is 19.4 Å². The maximum atomic E-state index is 13.2. The van der Waals surface area contributed by atoms with Gasteiger partial charge >= 0.3 is 11.7 Å². The second-order valence-corrected chi connectivity index (χ2v) is 12.0. The van der Waals surface area contributed by atoms with Crippen LogP contribution in [0.3, 0.4) is 0 Å². The van der Waals surface area contributed by atoms with E-state index in [2.05, 4.69) is 10.3 Å². The van der Waals surface area contributed by atoms with Crippen molar-refractivity contribution < 1.29 is 38.4 Å². The number of hydrogen-bond donors (Lipinski definition) is 4. The second kappa shape index (κ2) is 15.6. The first-order valence-electron chi connectivity index (χ1n) is 15.6. The Kier molecular flexibility index (Phi) is 11.4. The lowest BCUT2D eigenvalue weighted by Crippen LogP contribution is -2.61. The molecule has 47 heavy (non-hydrogen) atoms. The standard InChI is InChI=1S/C34H41N3O10/c1-19-20(2)46-33(30(45-18-22-12-8-5-9-13-22)28(19)44-17-21-10-6-4-7-11-21)47-29-24(14-23(15-26(29)38)32(41)43-3)35-31(40)25-16-27(39)37-34(42)36-25/h4-13,16,19-20,23-24,26,28-30,33,38H,14-15,17-18H2,1-3H3,(H,35,40)(H2,36,37,39,42)/t19-,20?,23?,24?,26-,28+,29-,30?,33+/m1/s1. The molecule has 2 fully saturated rings. The van der Waals surface area contributed by atoms with E-state index in [9.17, 15) is 24.3 Å². The van der Waals surface area contributed by atoms with Gasteiger partial charge < -0.3 is 39.1 Å². The molecule has 3 aromatic rings. The van der Waals surface area contributed by atoms with Crippen LogP contribution < -0.4 is 16.6 Å². The average Bonchev–Trinajstić information content (AvgIpc) is 3.06. The zero-order valence-electron chi connectivity index (χ0n) is 26.5. The highest BCUT2D eigenvalue weighted by Gasteiger charge is 2.49. The Hall–Kier alpha value is -4.14. The van der Waals surface area contributed by atoms with Gasteiger partial charge in [0.2, 0.25) is 0 Å². The van der Waals surface area contributed by atoms with E-state index in [1.165, 1.54) is 7.11 Å². The number of hydrogen-bond acceptors (Lipinski definition) is 10. The van der Waals surface area contributed by atoms with E-state index < -0.39 is 65.8 Å². The lowest BCUT2D eigenvalue weighted by Gasteiger charge is -2.47. The largest absolute Gasteiger partial charge is 0.469 e. The first-order chi connectivity index (χ1) is 22.6. The van der Waals surface area contributed by atoms with Gasteiger partial charge in [-0.1, -0.05) is 67.6 Å². The van der Waals surface area contributed by atoms with Crippen LogP contribution in [0.25, 0.3) is 0 Å². The third kappa shape index (κ3) is 8.62. The summed E-state index contributed by atoms with van der Waals surface area (Å²) in [5.74, 6) is -2.21. The van der Waals surface area contributed by atoms with Crippen molar-refractivity contribution >= 4 is 11.9 Å². The van der Waals surface area contributed by atoms with Crippen LogP contribution in [0.15, 0.2) is 76.3 Å². The molecular formula is C34H41N3O10. The Labute approximate surface area is 271 Å². The van der Waals surface area contributed by atoms with E-state index in [0.29, 0.717) is 6.61 Å². The molecule has 0 spiro atoms. The van der Waals surface area contributed by atoms with Gasteiger partial charge in [0.25, 0.3) is 11.5 Å². The molecule has 13 nitrogen and oxygen atoms in total. The monoisotopic (exact) mass is 651 g/mol. The number of aromatic nitrogens is 2.